The Bertz CT molecular complexity index is 1410. The van der Waals surface area contributed by atoms with Crippen LogP contribution in [0.1, 0.15) is 46.9 Å². The van der Waals surface area contributed by atoms with E-state index in [4.69, 9.17) is 19.0 Å². The normalized spacial score (nSPS) is 12.6. The van der Waals surface area contributed by atoms with Gasteiger partial charge >= 0.3 is 6.18 Å². The number of halogens is 3. The van der Waals surface area contributed by atoms with Gasteiger partial charge in [0.2, 0.25) is 5.89 Å². The van der Waals surface area contributed by atoms with E-state index in [0.717, 1.165) is 49.3 Å². The van der Waals surface area contributed by atoms with Crippen molar-refractivity contribution in [3.8, 4) is 11.5 Å². The second-order valence-corrected chi connectivity index (χ2v) is 9.44. The van der Waals surface area contributed by atoms with E-state index in [1.54, 1.807) is 25.5 Å². The predicted octanol–water partition coefficient (Wildman–Crippen LogP) is 5.57. The number of unbranched alkanes of at least 4 members (excludes halogenated alkanes) is 1. The highest BCUT2D eigenvalue weighted by Crippen LogP contribution is 2.30. The van der Waals surface area contributed by atoms with Crippen molar-refractivity contribution in [1.29, 1.82) is 0 Å². The van der Waals surface area contributed by atoms with Crippen LogP contribution in [0.2, 0.25) is 0 Å². The van der Waals surface area contributed by atoms with Crippen molar-refractivity contribution < 1.29 is 37.3 Å². The molecule has 0 aliphatic carbocycles. The first kappa shape index (κ1) is 29.9. The Morgan fingerprint density at radius 3 is 2.61 bits per heavy atom. The molecule has 0 fully saturated rings. The molecule has 0 aliphatic rings. The second kappa shape index (κ2) is 14.0. The van der Waals surface area contributed by atoms with Gasteiger partial charge in [0.05, 0.1) is 25.4 Å². The van der Waals surface area contributed by atoms with E-state index in [1.165, 1.54) is 18.4 Å². The number of aliphatic hydroxyl groups is 2. The molecule has 0 bridgehead atoms. The van der Waals surface area contributed by atoms with Gasteiger partial charge in [0, 0.05) is 31.4 Å². The summed E-state index contributed by atoms with van der Waals surface area (Å²) in [6.07, 6.45) is 6.06. The van der Waals surface area contributed by atoms with Crippen LogP contribution in [0.4, 0.5) is 13.2 Å². The van der Waals surface area contributed by atoms with Gasteiger partial charge in [-0.3, -0.25) is 0 Å². The molecule has 0 saturated heterocycles. The third-order valence-electron chi connectivity index (χ3n) is 6.37. The summed E-state index contributed by atoms with van der Waals surface area (Å²) in [5.74, 6) is 2.22. The molecule has 41 heavy (non-hydrogen) atoms. The Morgan fingerprint density at radius 1 is 1.07 bits per heavy atom. The van der Waals surface area contributed by atoms with Gasteiger partial charge in [-0.05, 0) is 60.7 Å². The smallest absolute Gasteiger partial charge is 0.416 e. The van der Waals surface area contributed by atoms with Gasteiger partial charge in [-0.25, -0.2) is 9.97 Å². The van der Waals surface area contributed by atoms with Crippen LogP contribution in [0.25, 0.3) is 12.2 Å². The largest absolute Gasteiger partial charge is 0.493 e. The fourth-order valence-electron chi connectivity index (χ4n) is 4.17. The molecule has 2 aromatic carbocycles. The third-order valence-corrected chi connectivity index (χ3v) is 6.37. The molecule has 1 atom stereocenters. The van der Waals surface area contributed by atoms with Gasteiger partial charge in [0.15, 0.2) is 11.5 Å². The van der Waals surface area contributed by atoms with E-state index in [2.05, 4.69) is 9.97 Å². The SMILES string of the molecule is COc1cc(CCCCn2ccnc2CC(O)CO)ccc1OCc1coc(/C=C/c2ccc(C(F)(F)F)cc2)n1. The van der Waals surface area contributed by atoms with Crippen molar-refractivity contribution in [3.63, 3.8) is 0 Å². The predicted molar refractivity (Wildman–Crippen MR) is 146 cm³/mol. The number of hydrogen-bond donors (Lipinski definition) is 2. The zero-order chi connectivity index (χ0) is 29.2. The van der Waals surface area contributed by atoms with Gasteiger partial charge in [-0.15, -0.1) is 0 Å². The van der Waals surface area contributed by atoms with E-state index >= 15 is 0 Å². The quantitative estimate of drug-likeness (QED) is 0.191. The number of imidazole rings is 1. The van der Waals surface area contributed by atoms with E-state index in [9.17, 15) is 18.3 Å². The average molecular weight is 572 g/mol. The fraction of sp³-hybridized carbons (Fsp3) is 0.333. The van der Waals surface area contributed by atoms with Gasteiger partial charge < -0.3 is 28.7 Å². The summed E-state index contributed by atoms with van der Waals surface area (Å²) in [5.41, 5.74) is 1.54. The lowest BCUT2D eigenvalue weighted by Crippen LogP contribution is -2.18. The lowest BCUT2D eigenvalue weighted by molar-refractivity contribution is -0.137. The van der Waals surface area contributed by atoms with Crippen LogP contribution in [0, 0.1) is 0 Å². The molecule has 0 amide bonds. The van der Waals surface area contributed by atoms with Crippen LogP contribution in [-0.4, -0.2) is 44.6 Å². The number of ether oxygens (including phenoxy) is 2. The number of aliphatic hydroxyl groups excluding tert-OH is 2. The number of hydrogen-bond acceptors (Lipinski definition) is 7. The molecule has 218 valence electrons. The Labute approximate surface area is 235 Å². The number of aryl methyl sites for hydroxylation is 2. The van der Waals surface area contributed by atoms with Gasteiger partial charge in [0.1, 0.15) is 24.4 Å². The molecule has 11 heteroatoms. The minimum atomic E-state index is -4.37. The van der Waals surface area contributed by atoms with Crippen LogP contribution >= 0.6 is 0 Å². The van der Waals surface area contributed by atoms with Gasteiger partial charge in [-0.1, -0.05) is 18.2 Å². The van der Waals surface area contributed by atoms with E-state index in [-0.39, 0.29) is 13.2 Å². The summed E-state index contributed by atoms with van der Waals surface area (Å²) in [7, 11) is 1.58. The molecule has 4 aromatic rings. The molecule has 2 N–H and O–H groups in total. The molecule has 0 aliphatic heterocycles. The zero-order valence-corrected chi connectivity index (χ0v) is 22.6. The van der Waals surface area contributed by atoms with Gasteiger partial charge in [-0.2, -0.15) is 13.2 Å². The number of methoxy groups -OCH3 is 1. The second-order valence-electron chi connectivity index (χ2n) is 9.44. The number of aromatic nitrogens is 3. The van der Waals surface area contributed by atoms with Crippen LogP contribution in [-0.2, 0) is 32.2 Å². The molecular weight excluding hydrogens is 539 g/mol. The Balaban J connectivity index is 1.25. The summed E-state index contributed by atoms with van der Waals surface area (Å²) >= 11 is 0. The summed E-state index contributed by atoms with van der Waals surface area (Å²) in [5, 5.41) is 18.7. The van der Waals surface area contributed by atoms with Crippen molar-refractivity contribution in [2.24, 2.45) is 0 Å². The van der Waals surface area contributed by atoms with E-state index in [1.807, 2.05) is 29.0 Å². The van der Waals surface area contributed by atoms with Gasteiger partial charge in [0.25, 0.3) is 0 Å². The molecule has 0 radical (unpaired) electrons. The first-order valence-corrected chi connectivity index (χ1v) is 13.1. The molecule has 2 aromatic heterocycles. The first-order chi connectivity index (χ1) is 19.7. The third kappa shape index (κ3) is 8.70. The van der Waals surface area contributed by atoms with Crippen LogP contribution in [0.3, 0.4) is 0 Å². The number of alkyl halides is 3. The Morgan fingerprint density at radius 2 is 1.88 bits per heavy atom. The monoisotopic (exact) mass is 571 g/mol. The van der Waals surface area contributed by atoms with Crippen molar-refractivity contribution in [2.45, 2.75) is 51.1 Å². The van der Waals surface area contributed by atoms with Crippen molar-refractivity contribution in [2.75, 3.05) is 13.7 Å². The topological polar surface area (TPSA) is 103 Å². The molecule has 2 heterocycles. The maximum Gasteiger partial charge on any atom is 0.416 e. The number of benzene rings is 2. The minimum absolute atomic E-state index is 0.144. The number of nitrogens with zero attached hydrogens (tertiary/aromatic N) is 3. The molecule has 1 unspecified atom stereocenters. The highest BCUT2D eigenvalue weighted by atomic mass is 19.4. The Kier molecular flexibility index (Phi) is 10.2. The van der Waals surface area contributed by atoms with Crippen LogP contribution in [0.5, 0.6) is 11.5 Å². The standard InChI is InChI=1S/C30H32F3N3O5/c1-39-27-16-22(4-2-3-14-36-15-13-34-28(36)17-25(38)18-37)7-11-26(27)40-19-24-20-41-29(35-24)12-8-21-5-9-23(10-6-21)30(31,32)33/h5-13,15-16,20,25,37-38H,2-4,14,17-19H2,1H3/b12-8+. The lowest BCUT2D eigenvalue weighted by Gasteiger charge is -2.12. The summed E-state index contributed by atoms with van der Waals surface area (Å²) in [6, 6.07) is 10.6. The highest BCUT2D eigenvalue weighted by molar-refractivity contribution is 5.66. The van der Waals surface area contributed by atoms with Crippen molar-refractivity contribution >= 4 is 12.2 Å². The summed E-state index contributed by atoms with van der Waals surface area (Å²) in [4.78, 5) is 8.60. The first-order valence-electron chi connectivity index (χ1n) is 13.1. The zero-order valence-electron chi connectivity index (χ0n) is 22.6. The molecule has 4 rings (SSSR count). The van der Waals surface area contributed by atoms with Crippen molar-refractivity contribution in [3.05, 3.63) is 95.2 Å². The number of oxazole rings is 1. The maximum absolute atomic E-state index is 12.7. The fourth-order valence-corrected chi connectivity index (χ4v) is 4.17. The van der Waals surface area contributed by atoms with Crippen molar-refractivity contribution in [1.82, 2.24) is 14.5 Å². The molecular formula is C30H32F3N3O5. The number of rotatable bonds is 14. The van der Waals surface area contributed by atoms with Crippen LogP contribution < -0.4 is 9.47 Å². The highest BCUT2D eigenvalue weighted by Gasteiger charge is 2.29. The van der Waals surface area contributed by atoms with E-state index < -0.39 is 17.8 Å². The maximum atomic E-state index is 12.7. The minimum Gasteiger partial charge on any atom is -0.493 e. The van der Waals surface area contributed by atoms with Crippen LogP contribution in [0.15, 0.2) is 65.5 Å². The lowest BCUT2D eigenvalue weighted by atomic mass is 10.1. The summed E-state index contributed by atoms with van der Waals surface area (Å²) in [6.45, 7) is 0.622. The Hall–Kier alpha value is -4.09. The molecule has 0 saturated carbocycles. The summed E-state index contributed by atoms with van der Waals surface area (Å²) < 4.78 is 57.0. The molecule has 0 spiro atoms. The average Bonchev–Trinajstić information content (AvgIpc) is 3.62. The van der Waals surface area contributed by atoms with E-state index in [0.29, 0.717) is 35.1 Å². The molecule has 8 nitrogen and oxygen atoms in total.